The van der Waals surface area contributed by atoms with Gasteiger partial charge in [-0.05, 0) is 13.0 Å². The second kappa shape index (κ2) is 5.96. The van der Waals surface area contributed by atoms with Crippen molar-refractivity contribution < 1.29 is 9.31 Å². The molecule has 0 aliphatic rings. The summed E-state index contributed by atoms with van der Waals surface area (Å²) >= 11 is 0. The summed E-state index contributed by atoms with van der Waals surface area (Å²) in [7, 11) is 0. The lowest BCUT2D eigenvalue weighted by molar-refractivity contribution is -0.385. The molecular formula is C14H11FN4O2. The van der Waals surface area contributed by atoms with Crippen LogP contribution in [0, 0.1) is 27.3 Å². The maximum atomic E-state index is 13.7. The maximum absolute atomic E-state index is 13.7. The summed E-state index contributed by atoms with van der Waals surface area (Å²) in [6.45, 7) is 1.71. The highest BCUT2D eigenvalue weighted by molar-refractivity contribution is 5.56. The lowest BCUT2D eigenvalue weighted by Crippen LogP contribution is -2.11. The predicted octanol–water partition coefficient (Wildman–Crippen LogP) is 3.17. The molecule has 1 atom stereocenters. The van der Waals surface area contributed by atoms with E-state index in [-0.39, 0.29) is 22.9 Å². The van der Waals surface area contributed by atoms with Gasteiger partial charge in [0.25, 0.3) is 5.69 Å². The molecule has 1 N–H and O–H groups in total. The number of nitriles is 1. The van der Waals surface area contributed by atoms with Crippen LogP contribution in [0.5, 0.6) is 0 Å². The molecule has 0 bridgehead atoms. The van der Waals surface area contributed by atoms with Crippen LogP contribution in [0.3, 0.4) is 0 Å². The van der Waals surface area contributed by atoms with E-state index in [0.717, 1.165) is 12.3 Å². The zero-order valence-electron chi connectivity index (χ0n) is 11.1. The van der Waals surface area contributed by atoms with E-state index in [4.69, 9.17) is 5.26 Å². The Labute approximate surface area is 120 Å². The number of nitrogens with zero attached hydrogens (tertiary/aromatic N) is 3. The zero-order valence-corrected chi connectivity index (χ0v) is 11.1. The van der Waals surface area contributed by atoms with Crippen LogP contribution in [-0.2, 0) is 0 Å². The molecular weight excluding hydrogens is 275 g/mol. The van der Waals surface area contributed by atoms with Gasteiger partial charge in [-0.1, -0.05) is 18.2 Å². The molecule has 0 radical (unpaired) electrons. The van der Waals surface area contributed by atoms with Gasteiger partial charge >= 0.3 is 0 Å². The van der Waals surface area contributed by atoms with E-state index in [1.165, 1.54) is 6.07 Å². The highest BCUT2D eigenvalue weighted by Crippen LogP contribution is 2.24. The van der Waals surface area contributed by atoms with Crippen LogP contribution in [0.15, 0.2) is 36.5 Å². The van der Waals surface area contributed by atoms with Crippen LogP contribution >= 0.6 is 0 Å². The van der Waals surface area contributed by atoms with Crippen molar-refractivity contribution in [2.75, 3.05) is 5.32 Å². The second-order valence-corrected chi connectivity index (χ2v) is 4.35. The van der Waals surface area contributed by atoms with E-state index in [0.29, 0.717) is 5.56 Å². The van der Waals surface area contributed by atoms with Crippen molar-refractivity contribution in [2.24, 2.45) is 0 Å². The molecule has 0 saturated carbocycles. The minimum atomic E-state index is -0.627. The lowest BCUT2D eigenvalue weighted by atomic mass is 10.1. The van der Waals surface area contributed by atoms with Gasteiger partial charge in [0.2, 0.25) is 0 Å². The van der Waals surface area contributed by atoms with E-state index in [1.54, 1.807) is 25.1 Å². The molecule has 7 heteroatoms. The number of anilines is 1. The quantitative estimate of drug-likeness (QED) is 0.688. The number of hydrogen-bond acceptors (Lipinski definition) is 5. The molecule has 1 aromatic heterocycles. The van der Waals surface area contributed by atoms with Crippen LogP contribution in [0.1, 0.15) is 24.1 Å². The molecule has 1 aromatic carbocycles. The first-order valence-electron chi connectivity index (χ1n) is 6.08. The minimum absolute atomic E-state index is 0.0346. The Morgan fingerprint density at radius 3 is 2.81 bits per heavy atom. The Bertz CT molecular complexity index is 727. The maximum Gasteiger partial charge on any atom is 0.289 e. The molecule has 0 amide bonds. The molecule has 6 nitrogen and oxygen atoms in total. The number of nitrogens with one attached hydrogen (secondary N) is 1. The number of pyridine rings is 1. The van der Waals surface area contributed by atoms with E-state index in [1.807, 2.05) is 6.07 Å². The molecule has 0 fully saturated rings. The van der Waals surface area contributed by atoms with Crippen molar-refractivity contribution in [3.05, 3.63) is 63.6 Å². The van der Waals surface area contributed by atoms with E-state index in [9.17, 15) is 14.5 Å². The summed E-state index contributed by atoms with van der Waals surface area (Å²) in [4.78, 5) is 13.9. The third-order valence-electron chi connectivity index (χ3n) is 2.93. The summed E-state index contributed by atoms with van der Waals surface area (Å²) in [5.41, 5.74) is 0.185. The van der Waals surface area contributed by atoms with Gasteiger partial charge in [-0.3, -0.25) is 10.1 Å². The van der Waals surface area contributed by atoms with Crippen molar-refractivity contribution in [3.8, 4) is 6.07 Å². The number of hydrogen-bond donors (Lipinski definition) is 1. The molecule has 1 heterocycles. The van der Waals surface area contributed by atoms with Gasteiger partial charge in [0.15, 0.2) is 0 Å². The van der Waals surface area contributed by atoms with Crippen molar-refractivity contribution in [1.29, 1.82) is 5.26 Å². The van der Waals surface area contributed by atoms with E-state index in [2.05, 4.69) is 10.3 Å². The van der Waals surface area contributed by atoms with Crippen molar-refractivity contribution in [1.82, 2.24) is 4.98 Å². The molecule has 2 rings (SSSR count). The Kier molecular flexibility index (Phi) is 4.09. The Balaban J connectivity index is 2.30. The highest BCUT2D eigenvalue weighted by atomic mass is 19.1. The predicted molar refractivity (Wildman–Crippen MR) is 74.0 cm³/mol. The fourth-order valence-corrected chi connectivity index (χ4v) is 1.86. The molecule has 106 valence electrons. The van der Waals surface area contributed by atoms with Crippen molar-refractivity contribution >= 4 is 11.5 Å². The first-order valence-corrected chi connectivity index (χ1v) is 6.08. The van der Waals surface area contributed by atoms with Crippen molar-refractivity contribution in [3.63, 3.8) is 0 Å². The van der Waals surface area contributed by atoms with Gasteiger partial charge in [0.05, 0.1) is 11.0 Å². The SMILES string of the molecule is CC(Nc1ncc([N+](=O)[O-])cc1C#N)c1ccccc1F. The third kappa shape index (κ3) is 3.12. The first kappa shape index (κ1) is 14.4. The van der Waals surface area contributed by atoms with Gasteiger partial charge in [-0.2, -0.15) is 5.26 Å². The normalized spacial score (nSPS) is 11.5. The number of aromatic nitrogens is 1. The highest BCUT2D eigenvalue weighted by Gasteiger charge is 2.16. The van der Waals surface area contributed by atoms with Crippen molar-refractivity contribution in [2.45, 2.75) is 13.0 Å². The molecule has 1 unspecified atom stereocenters. The van der Waals surface area contributed by atoms with Gasteiger partial charge in [-0.15, -0.1) is 0 Å². The van der Waals surface area contributed by atoms with Crippen LogP contribution in [0.4, 0.5) is 15.9 Å². The van der Waals surface area contributed by atoms with Crippen LogP contribution in [-0.4, -0.2) is 9.91 Å². The smallest absolute Gasteiger partial charge is 0.289 e. The first-order chi connectivity index (χ1) is 10.0. The van der Waals surface area contributed by atoms with Crippen LogP contribution in [0.2, 0.25) is 0 Å². The topological polar surface area (TPSA) is 91.8 Å². The summed E-state index contributed by atoms with van der Waals surface area (Å²) in [5.74, 6) is -0.197. The average Bonchev–Trinajstić information content (AvgIpc) is 2.47. The molecule has 0 spiro atoms. The Hall–Kier alpha value is -3.01. The zero-order chi connectivity index (χ0) is 15.4. The molecule has 0 aliphatic heterocycles. The molecule has 0 aliphatic carbocycles. The Morgan fingerprint density at radius 1 is 1.48 bits per heavy atom. The van der Waals surface area contributed by atoms with Gasteiger partial charge < -0.3 is 5.32 Å². The standard InChI is InChI=1S/C14H11FN4O2/c1-9(12-4-2-3-5-13(12)15)18-14-10(7-16)6-11(8-17-14)19(20)21/h2-6,8-9H,1H3,(H,17,18). The van der Waals surface area contributed by atoms with Gasteiger partial charge in [0.1, 0.15) is 29.5 Å². The average molecular weight is 286 g/mol. The van der Waals surface area contributed by atoms with Crippen LogP contribution in [0.25, 0.3) is 0 Å². The molecule has 2 aromatic rings. The number of nitro groups is 1. The van der Waals surface area contributed by atoms with E-state index >= 15 is 0 Å². The summed E-state index contributed by atoms with van der Waals surface area (Å²) in [6, 6.07) is 8.76. The fraction of sp³-hybridized carbons (Fsp3) is 0.143. The third-order valence-corrected chi connectivity index (χ3v) is 2.93. The monoisotopic (exact) mass is 286 g/mol. The van der Waals surface area contributed by atoms with E-state index < -0.39 is 11.0 Å². The summed E-state index contributed by atoms with van der Waals surface area (Å²) in [6.07, 6.45) is 1.05. The second-order valence-electron chi connectivity index (χ2n) is 4.35. The summed E-state index contributed by atoms with van der Waals surface area (Å²) in [5, 5.41) is 22.6. The number of rotatable bonds is 4. The fourth-order valence-electron chi connectivity index (χ4n) is 1.86. The Morgan fingerprint density at radius 2 is 2.19 bits per heavy atom. The summed E-state index contributed by atoms with van der Waals surface area (Å²) < 4.78 is 13.7. The van der Waals surface area contributed by atoms with Crippen LogP contribution < -0.4 is 5.32 Å². The number of benzene rings is 1. The lowest BCUT2D eigenvalue weighted by Gasteiger charge is -2.16. The minimum Gasteiger partial charge on any atom is -0.362 e. The van der Waals surface area contributed by atoms with Gasteiger partial charge in [0, 0.05) is 11.6 Å². The molecule has 21 heavy (non-hydrogen) atoms. The number of halogens is 1. The largest absolute Gasteiger partial charge is 0.362 e. The molecule has 0 saturated heterocycles. The van der Waals surface area contributed by atoms with Gasteiger partial charge in [-0.25, -0.2) is 9.37 Å².